The van der Waals surface area contributed by atoms with Crippen molar-refractivity contribution in [3.05, 3.63) is 23.8 Å². The molecule has 0 aliphatic carbocycles. The van der Waals surface area contributed by atoms with Crippen molar-refractivity contribution < 1.29 is 8.95 Å². The Labute approximate surface area is 133 Å². The van der Waals surface area contributed by atoms with Gasteiger partial charge in [0.2, 0.25) is 11.2 Å². The van der Waals surface area contributed by atoms with Gasteiger partial charge < -0.3 is 15.4 Å². The van der Waals surface area contributed by atoms with Gasteiger partial charge in [0, 0.05) is 19.1 Å². The summed E-state index contributed by atoms with van der Waals surface area (Å²) in [7, 11) is 0. The quantitative estimate of drug-likeness (QED) is 0.887. The number of fused-ring (bicyclic) bond motifs is 1. The lowest BCUT2D eigenvalue weighted by Gasteiger charge is -2.35. The molecule has 0 saturated carbocycles. The van der Waals surface area contributed by atoms with Gasteiger partial charge in [-0.05, 0) is 38.8 Å². The molecular formula is C15H22N4O2S. The van der Waals surface area contributed by atoms with Crippen molar-refractivity contribution in [3.8, 4) is 5.75 Å². The van der Waals surface area contributed by atoms with Crippen LogP contribution in [0.1, 0.15) is 32.3 Å². The van der Waals surface area contributed by atoms with Crippen molar-refractivity contribution in [3.63, 3.8) is 0 Å². The van der Waals surface area contributed by atoms with Crippen LogP contribution in [-0.2, 0) is 11.2 Å². The highest BCUT2D eigenvalue weighted by Gasteiger charge is 2.25. The van der Waals surface area contributed by atoms with Gasteiger partial charge in [0.05, 0.1) is 11.3 Å². The van der Waals surface area contributed by atoms with E-state index in [2.05, 4.69) is 27.9 Å². The monoisotopic (exact) mass is 322 g/mol. The van der Waals surface area contributed by atoms with E-state index in [0.717, 1.165) is 25.9 Å². The van der Waals surface area contributed by atoms with Gasteiger partial charge in [-0.15, -0.1) is 0 Å². The first-order valence-corrected chi connectivity index (χ1v) is 8.72. The molecule has 1 atom stereocenters. The van der Waals surface area contributed by atoms with Crippen LogP contribution in [0, 0.1) is 0 Å². The lowest BCUT2D eigenvalue weighted by Crippen LogP contribution is -2.42. The molecule has 1 fully saturated rings. The van der Waals surface area contributed by atoms with Crippen LogP contribution in [0.2, 0.25) is 0 Å². The Bertz CT molecular complexity index is 610. The molecule has 0 amide bonds. The lowest BCUT2D eigenvalue weighted by atomic mass is 10.1. The van der Waals surface area contributed by atoms with E-state index in [-0.39, 0.29) is 11.9 Å². The number of nitrogens with two attached hydrogens (primary N) is 1. The van der Waals surface area contributed by atoms with Crippen LogP contribution < -0.4 is 15.2 Å². The second kappa shape index (κ2) is 6.26. The van der Waals surface area contributed by atoms with E-state index in [1.807, 2.05) is 18.2 Å². The van der Waals surface area contributed by atoms with Crippen LogP contribution in [-0.4, -0.2) is 40.2 Å². The third-order valence-electron chi connectivity index (χ3n) is 4.16. The summed E-state index contributed by atoms with van der Waals surface area (Å²) in [5, 5.41) is 0. The Hall–Kier alpha value is -1.60. The summed E-state index contributed by atoms with van der Waals surface area (Å²) in [6.45, 7) is 6.53. The summed E-state index contributed by atoms with van der Waals surface area (Å²) >= 11 is -1.51. The summed E-state index contributed by atoms with van der Waals surface area (Å²) in [5.74, 6) is 0.980. The van der Waals surface area contributed by atoms with Crippen LogP contribution in [0.15, 0.2) is 22.6 Å². The van der Waals surface area contributed by atoms with Gasteiger partial charge >= 0.3 is 0 Å². The number of nitrogens with zero attached hydrogens (tertiary/aromatic N) is 2. The lowest BCUT2D eigenvalue weighted by molar-refractivity contribution is 0.0842. The maximum atomic E-state index is 11.5. The normalized spacial score (nSPS) is 22.9. The molecule has 1 saturated heterocycles. The average Bonchev–Trinajstić information content (AvgIpc) is 2.47. The zero-order valence-electron chi connectivity index (χ0n) is 12.9. The number of nitrogens with one attached hydrogen (secondary N) is 1. The molecule has 1 aromatic rings. The second-order valence-electron chi connectivity index (χ2n) is 5.95. The topological polar surface area (TPSA) is 80.0 Å². The van der Waals surface area contributed by atoms with Gasteiger partial charge in [-0.3, -0.25) is 4.72 Å². The molecule has 2 heterocycles. The zero-order valence-corrected chi connectivity index (χ0v) is 13.7. The van der Waals surface area contributed by atoms with Gasteiger partial charge in [0.1, 0.15) is 17.7 Å². The predicted octanol–water partition coefficient (Wildman–Crippen LogP) is 1.65. The third-order valence-corrected chi connectivity index (χ3v) is 4.92. The van der Waals surface area contributed by atoms with Gasteiger partial charge in [-0.25, -0.2) is 4.21 Å². The van der Waals surface area contributed by atoms with Gasteiger partial charge in [0.15, 0.2) is 0 Å². The molecule has 2 aliphatic heterocycles. The molecule has 7 heteroatoms. The van der Waals surface area contributed by atoms with E-state index in [0.29, 0.717) is 23.0 Å². The van der Waals surface area contributed by atoms with Crippen molar-refractivity contribution in [2.45, 2.75) is 38.8 Å². The minimum absolute atomic E-state index is 0.182. The number of ether oxygens (including phenoxy) is 1. The van der Waals surface area contributed by atoms with Gasteiger partial charge in [-0.2, -0.15) is 4.40 Å². The van der Waals surface area contributed by atoms with E-state index >= 15 is 0 Å². The van der Waals surface area contributed by atoms with Crippen molar-refractivity contribution in [1.29, 1.82) is 0 Å². The molecule has 2 aliphatic rings. The molecule has 6 nitrogen and oxygen atoms in total. The van der Waals surface area contributed by atoms with E-state index < -0.39 is 11.2 Å². The van der Waals surface area contributed by atoms with Crippen LogP contribution in [0.3, 0.4) is 0 Å². The third kappa shape index (κ3) is 3.10. The number of rotatable bonds is 3. The summed E-state index contributed by atoms with van der Waals surface area (Å²) < 4.78 is 24.4. The molecule has 120 valence electrons. The molecule has 0 bridgehead atoms. The summed E-state index contributed by atoms with van der Waals surface area (Å²) in [6.07, 6.45) is 2.18. The Kier molecular flexibility index (Phi) is 4.35. The SMILES string of the molecule is CC(C)N1CCC(Oc2cccc3c2C(N)=NS(=O)N3)CC1. The van der Waals surface area contributed by atoms with Crippen LogP contribution in [0.25, 0.3) is 0 Å². The van der Waals surface area contributed by atoms with Crippen molar-refractivity contribution in [1.82, 2.24) is 4.90 Å². The van der Waals surface area contributed by atoms with Gasteiger partial charge in [0.25, 0.3) is 0 Å². The number of likely N-dealkylation sites (tertiary alicyclic amines) is 1. The number of benzene rings is 1. The Morgan fingerprint density at radius 3 is 2.82 bits per heavy atom. The van der Waals surface area contributed by atoms with Crippen molar-refractivity contribution in [2.75, 3.05) is 17.8 Å². The largest absolute Gasteiger partial charge is 0.489 e. The molecule has 0 spiro atoms. The number of piperidine rings is 1. The number of anilines is 1. The average molecular weight is 322 g/mol. The van der Waals surface area contributed by atoms with E-state index in [1.165, 1.54) is 0 Å². The molecule has 0 aromatic heterocycles. The minimum Gasteiger partial charge on any atom is -0.489 e. The highest BCUT2D eigenvalue weighted by molar-refractivity contribution is 7.85. The highest BCUT2D eigenvalue weighted by Crippen LogP contribution is 2.31. The standard InChI is InChI=1S/C15H22N4O2S/c1-10(2)19-8-6-11(7-9-19)21-13-5-3-4-12-14(13)15(16)18-22(20)17-12/h3-5,10-11,17H,6-9H2,1-2H3,(H2,16,18). The number of hydrogen-bond acceptors (Lipinski definition) is 4. The first kappa shape index (κ1) is 15.3. The van der Waals surface area contributed by atoms with Crippen LogP contribution in [0.4, 0.5) is 5.69 Å². The smallest absolute Gasteiger partial charge is 0.245 e. The molecular weight excluding hydrogens is 300 g/mol. The highest BCUT2D eigenvalue weighted by atomic mass is 32.2. The van der Waals surface area contributed by atoms with Crippen molar-refractivity contribution in [2.24, 2.45) is 10.1 Å². The Morgan fingerprint density at radius 2 is 2.14 bits per heavy atom. The fraction of sp³-hybridized carbons (Fsp3) is 0.533. The number of amidine groups is 1. The predicted molar refractivity (Wildman–Crippen MR) is 89.3 cm³/mol. The Balaban J connectivity index is 1.74. The molecule has 22 heavy (non-hydrogen) atoms. The van der Waals surface area contributed by atoms with E-state index in [4.69, 9.17) is 10.5 Å². The summed E-state index contributed by atoms with van der Waals surface area (Å²) in [4.78, 5) is 2.46. The first-order chi connectivity index (χ1) is 10.5. The fourth-order valence-corrected chi connectivity index (χ4v) is 3.59. The maximum Gasteiger partial charge on any atom is 0.245 e. The summed E-state index contributed by atoms with van der Waals surface area (Å²) in [6, 6.07) is 6.18. The first-order valence-electron chi connectivity index (χ1n) is 7.61. The van der Waals surface area contributed by atoms with Crippen molar-refractivity contribution >= 4 is 22.7 Å². The van der Waals surface area contributed by atoms with E-state index in [1.54, 1.807) is 0 Å². The number of hydrogen-bond donors (Lipinski definition) is 2. The molecule has 1 aromatic carbocycles. The summed E-state index contributed by atoms with van der Waals surface area (Å²) in [5.41, 5.74) is 7.36. The van der Waals surface area contributed by atoms with Crippen LogP contribution in [0.5, 0.6) is 5.75 Å². The van der Waals surface area contributed by atoms with E-state index in [9.17, 15) is 4.21 Å². The molecule has 0 radical (unpaired) electrons. The fourth-order valence-electron chi connectivity index (χ4n) is 2.92. The minimum atomic E-state index is -1.51. The van der Waals surface area contributed by atoms with Gasteiger partial charge in [-0.1, -0.05) is 6.07 Å². The molecule has 1 unspecified atom stereocenters. The second-order valence-corrected chi connectivity index (χ2v) is 6.84. The molecule has 3 rings (SSSR count). The van der Waals surface area contributed by atoms with Crippen LogP contribution >= 0.6 is 0 Å². The Morgan fingerprint density at radius 1 is 1.41 bits per heavy atom. The molecule has 3 N–H and O–H groups in total. The zero-order chi connectivity index (χ0) is 15.7. The maximum absolute atomic E-state index is 11.5.